The Morgan fingerprint density at radius 1 is 1.29 bits per heavy atom. The lowest BCUT2D eigenvalue weighted by Gasteiger charge is -2.20. The first-order valence-electron chi connectivity index (χ1n) is 5.81. The van der Waals surface area contributed by atoms with E-state index in [1.807, 2.05) is 24.3 Å². The van der Waals surface area contributed by atoms with Crippen LogP contribution in [-0.4, -0.2) is 27.5 Å². The van der Waals surface area contributed by atoms with Gasteiger partial charge in [0.25, 0.3) is 5.22 Å². The Kier molecular flexibility index (Phi) is 2.94. The van der Waals surface area contributed by atoms with Crippen molar-refractivity contribution in [3.63, 3.8) is 0 Å². The number of hydrogen-bond donors (Lipinski definition) is 1. The largest absolute Gasteiger partial charge is 0.430 e. The van der Waals surface area contributed by atoms with E-state index in [4.69, 9.17) is 4.42 Å². The summed E-state index contributed by atoms with van der Waals surface area (Å²) in [6, 6.07) is 7.53. The number of hydrogen-bond acceptors (Lipinski definition) is 4. The van der Waals surface area contributed by atoms with E-state index in [1.165, 1.54) is 0 Å². The minimum absolute atomic E-state index is 0.171. The highest BCUT2D eigenvalue weighted by molar-refractivity contribution is 7.85. The summed E-state index contributed by atoms with van der Waals surface area (Å²) in [5, 5.41) is 3.81. The third-order valence-electron chi connectivity index (χ3n) is 3.04. The van der Waals surface area contributed by atoms with E-state index in [-0.39, 0.29) is 5.25 Å². The van der Waals surface area contributed by atoms with E-state index in [9.17, 15) is 4.21 Å². The third kappa shape index (κ3) is 2.12. The van der Waals surface area contributed by atoms with E-state index in [0.29, 0.717) is 10.8 Å². The zero-order valence-corrected chi connectivity index (χ0v) is 10.2. The van der Waals surface area contributed by atoms with Crippen LogP contribution in [0.5, 0.6) is 0 Å². The second-order valence-electron chi connectivity index (χ2n) is 4.19. The van der Waals surface area contributed by atoms with E-state index >= 15 is 0 Å². The topological polar surface area (TPSA) is 55.1 Å². The van der Waals surface area contributed by atoms with Gasteiger partial charge in [0.1, 0.15) is 16.3 Å². The van der Waals surface area contributed by atoms with E-state index < -0.39 is 10.8 Å². The Balaban J connectivity index is 1.89. The third-order valence-corrected chi connectivity index (χ3v) is 4.63. The molecule has 0 unspecified atom stereocenters. The van der Waals surface area contributed by atoms with Crippen molar-refractivity contribution in [2.24, 2.45) is 0 Å². The minimum atomic E-state index is -1.12. The molecule has 1 fully saturated rings. The lowest BCUT2D eigenvalue weighted by molar-refractivity contribution is 0.463. The van der Waals surface area contributed by atoms with Crippen LogP contribution in [0.4, 0.5) is 0 Å². The van der Waals surface area contributed by atoms with Gasteiger partial charge >= 0.3 is 0 Å². The summed E-state index contributed by atoms with van der Waals surface area (Å²) in [4.78, 5) is 4.30. The Bertz CT molecular complexity index is 513. The Hall–Kier alpha value is -1.20. The molecular weight excluding hydrogens is 236 g/mol. The Morgan fingerprint density at radius 2 is 2.06 bits per heavy atom. The molecule has 1 N–H and O–H groups in total. The summed E-state index contributed by atoms with van der Waals surface area (Å²) < 4.78 is 17.8. The number of nitrogens with zero attached hydrogens (tertiary/aromatic N) is 1. The Morgan fingerprint density at radius 3 is 2.82 bits per heavy atom. The van der Waals surface area contributed by atoms with Crippen molar-refractivity contribution in [3.8, 4) is 0 Å². The monoisotopic (exact) mass is 250 g/mol. The summed E-state index contributed by atoms with van der Waals surface area (Å²) >= 11 is 0. The fourth-order valence-corrected chi connectivity index (χ4v) is 3.40. The standard InChI is InChI=1S/C12H14N2O2S/c15-17(9-5-7-13-8-6-9)12-14-10-3-1-2-4-11(10)16-12/h1-4,9,13H,5-8H2/t17-/m1/s1. The number of para-hydroxylation sites is 2. The van der Waals surface area contributed by atoms with Crippen LogP contribution in [0.2, 0.25) is 0 Å². The zero-order chi connectivity index (χ0) is 11.7. The fourth-order valence-electron chi connectivity index (χ4n) is 2.09. The van der Waals surface area contributed by atoms with Gasteiger partial charge in [-0.1, -0.05) is 12.1 Å². The molecule has 1 aliphatic heterocycles. The van der Waals surface area contributed by atoms with Gasteiger partial charge in [0.05, 0.1) is 0 Å². The molecule has 1 aromatic carbocycles. The predicted octanol–water partition coefficient (Wildman–Crippen LogP) is 1.69. The number of aromatic nitrogens is 1. The normalized spacial score (nSPS) is 19.5. The van der Waals surface area contributed by atoms with Crippen LogP contribution in [-0.2, 0) is 10.8 Å². The van der Waals surface area contributed by atoms with Gasteiger partial charge < -0.3 is 9.73 Å². The van der Waals surface area contributed by atoms with Crippen molar-refractivity contribution in [2.75, 3.05) is 13.1 Å². The van der Waals surface area contributed by atoms with Gasteiger partial charge in [0.2, 0.25) is 0 Å². The van der Waals surface area contributed by atoms with Crippen LogP contribution in [0.25, 0.3) is 11.1 Å². The van der Waals surface area contributed by atoms with Crippen molar-refractivity contribution in [1.82, 2.24) is 10.3 Å². The molecule has 0 amide bonds. The maximum atomic E-state index is 12.3. The first kappa shape index (κ1) is 10.9. The molecule has 0 saturated carbocycles. The van der Waals surface area contributed by atoms with Crippen LogP contribution in [0.15, 0.2) is 33.9 Å². The van der Waals surface area contributed by atoms with E-state index in [2.05, 4.69) is 10.3 Å². The van der Waals surface area contributed by atoms with Crippen LogP contribution in [0.1, 0.15) is 12.8 Å². The Labute approximate surface area is 102 Å². The summed E-state index contributed by atoms with van der Waals surface area (Å²) in [6.45, 7) is 1.85. The van der Waals surface area contributed by atoms with Crippen molar-refractivity contribution in [1.29, 1.82) is 0 Å². The number of fused-ring (bicyclic) bond motifs is 1. The molecular formula is C12H14N2O2S. The molecule has 17 heavy (non-hydrogen) atoms. The van der Waals surface area contributed by atoms with Crippen LogP contribution in [0, 0.1) is 0 Å². The van der Waals surface area contributed by atoms with Crippen molar-refractivity contribution < 1.29 is 8.63 Å². The van der Waals surface area contributed by atoms with E-state index in [1.54, 1.807) is 0 Å². The van der Waals surface area contributed by atoms with Gasteiger partial charge in [0, 0.05) is 5.25 Å². The highest BCUT2D eigenvalue weighted by Gasteiger charge is 2.24. The van der Waals surface area contributed by atoms with Gasteiger partial charge in [-0.15, -0.1) is 0 Å². The molecule has 0 aliphatic carbocycles. The van der Waals surface area contributed by atoms with Gasteiger partial charge in [-0.2, -0.15) is 0 Å². The number of nitrogens with one attached hydrogen (secondary N) is 1. The van der Waals surface area contributed by atoms with Crippen molar-refractivity contribution in [2.45, 2.75) is 23.3 Å². The summed E-state index contributed by atoms with van der Waals surface area (Å²) in [5.74, 6) is 0. The molecule has 4 nitrogen and oxygen atoms in total. The molecule has 1 atom stereocenters. The molecule has 0 bridgehead atoms. The molecule has 1 saturated heterocycles. The number of piperidine rings is 1. The summed E-state index contributed by atoms with van der Waals surface area (Å²) in [5.41, 5.74) is 1.49. The highest BCUT2D eigenvalue weighted by Crippen LogP contribution is 2.22. The van der Waals surface area contributed by atoms with Gasteiger partial charge in [-0.3, -0.25) is 0 Å². The second kappa shape index (κ2) is 4.58. The smallest absolute Gasteiger partial charge is 0.288 e. The van der Waals surface area contributed by atoms with Gasteiger partial charge in [0.15, 0.2) is 5.58 Å². The highest BCUT2D eigenvalue weighted by atomic mass is 32.2. The zero-order valence-electron chi connectivity index (χ0n) is 9.39. The summed E-state index contributed by atoms with van der Waals surface area (Å²) in [6.07, 6.45) is 1.84. The van der Waals surface area contributed by atoms with Crippen LogP contribution >= 0.6 is 0 Å². The lowest BCUT2D eigenvalue weighted by atomic mass is 10.2. The molecule has 0 radical (unpaired) electrons. The van der Waals surface area contributed by atoms with Gasteiger partial charge in [-0.05, 0) is 38.1 Å². The predicted molar refractivity (Wildman–Crippen MR) is 66.3 cm³/mol. The number of oxazole rings is 1. The lowest BCUT2D eigenvalue weighted by Crippen LogP contribution is -2.33. The van der Waals surface area contributed by atoms with E-state index in [0.717, 1.165) is 31.4 Å². The van der Waals surface area contributed by atoms with Crippen molar-refractivity contribution in [3.05, 3.63) is 24.3 Å². The molecule has 2 heterocycles. The fraction of sp³-hybridized carbons (Fsp3) is 0.417. The SMILES string of the molecule is O=[S@@](c1nc2ccccc2o1)C1CCNCC1. The average Bonchev–Trinajstić information content (AvgIpc) is 2.82. The maximum Gasteiger partial charge on any atom is 0.288 e. The molecule has 5 heteroatoms. The molecule has 1 aromatic heterocycles. The molecule has 90 valence electrons. The second-order valence-corrected chi connectivity index (χ2v) is 5.80. The first-order chi connectivity index (χ1) is 8.34. The molecule has 1 aliphatic rings. The van der Waals surface area contributed by atoms with Gasteiger partial charge in [-0.25, -0.2) is 9.19 Å². The number of benzene rings is 1. The van der Waals surface area contributed by atoms with Crippen LogP contribution < -0.4 is 5.32 Å². The molecule has 0 spiro atoms. The average molecular weight is 250 g/mol. The van der Waals surface area contributed by atoms with Crippen molar-refractivity contribution >= 4 is 21.9 Å². The quantitative estimate of drug-likeness (QED) is 0.881. The molecule has 3 rings (SSSR count). The summed E-state index contributed by atoms with van der Waals surface area (Å²) in [7, 11) is -1.12. The maximum absolute atomic E-state index is 12.3. The van der Waals surface area contributed by atoms with Crippen LogP contribution in [0.3, 0.4) is 0 Å². The minimum Gasteiger partial charge on any atom is -0.430 e. The molecule has 2 aromatic rings. The number of rotatable bonds is 2. The first-order valence-corrected chi connectivity index (χ1v) is 7.03.